The normalized spacial score (nSPS) is 14.1. The van der Waals surface area contributed by atoms with E-state index < -0.39 is 0 Å². The highest BCUT2D eigenvalue weighted by molar-refractivity contribution is 14.1. The van der Waals surface area contributed by atoms with Gasteiger partial charge in [-0.2, -0.15) is 0 Å². The Labute approximate surface area is 227 Å². The molecule has 0 atom stereocenters. The summed E-state index contributed by atoms with van der Waals surface area (Å²) in [5.74, 6) is 0.918. The maximum atomic E-state index is 6.28. The Morgan fingerprint density at radius 2 is 1.59 bits per heavy atom. The Kier molecular flexibility index (Phi) is 7.66. The monoisotopic (exact) mass is 674 g/mol. The summed E-state index contributed by atoms with van der Waals surface area (Å²) in [4.78, 5) is 7.03. The number of benzene rings is 4. The van der Waals surface area contributed by atoms with Crippen LogP contribution < -0.4 is 9.64 Å². The molecule has 4 aromatic rings. The molecule has 0 bridgehead atoms. The fourth-order valence-corrected chi connectivity index (χ4v) is 6.21. The van der Waals surface area contributed by atoms with E-state index in [4.69, 9.17) is 9.47 Å². The fraction of sp³-hybridized carbons (Fsp3) is 0.179. The van der Waals surface area contributed by atoms with Gasteiger partial charge in [0.15, 0.2) is 0 Å². The Bertz CT molecular complexity index is 1290. The molecule has 5 rings (SSSR count). The number of anilines is 1. The number of nitrogens with zero attached hydrogens (tertiary/aromatic N) is 2. The van der Waals surface area contributed by atoms with Crippen molar-refractivity contribution in [3.05, 3.63) is 97.1 Å². The van der Waals surface area contributed by atoms with Crippen molar-refractivity contribution in [2.75, 3.05) is 31.2 Å². The van der Waals surface area contributed by atoms with Crippen molar-refractivity contribution in [2.24, 2.45) is 4.99 Å². The van der Waals surface area contributed by atoms with Gasteiger partial charge >= 0.3 is 0 Å². The molecule has 0 aromatic heterocycles. The van der Waals surface area contributed by atoms with Crippen LogP contribution in [0.1, 0.15) is 11.1 Å². The number of halogens is 2. The lowest BCUT2D eigenvalue weighted by molar-refractivity contribution is 0.122. The summed E-state index contributed by atoms with van der Waals surface area (Å²) in [6, 6.07) is 27.4. The van der Waals surface area contributed by atoms with Crippen LogP contribution in [-0.2, 0) is 11.3 Å². The molecule has 0 unspecified atom stereocenters. The predicted molar refractivity (Wildman–Crippen MR) is 157 cm³/mol. The van der Waals surface area contributed by atoms with E-state index in [9.17, 15) is 0 Å². The zero-order valence-electron chi connectivity index (χ0n) is 18.6. The van der Waals surface area contributed by atoms with Gasteiger partial charge in [-0.25, -0.2) is 0 Å². The molecule has 0 saturated carbocycles. The van der Waals surface area contributed by atoms with E-state index in [1.165, 1.54) is 22.0 Å². The maximum absolute atomic E-state index is 6.28. The van der Waals surface area contributed by atoms with Crippen molar-refractivity contribution in [1.29, 1.82) is 0 Å². The summed E-state index contributed by atoms with van der Waals surface area (Å²) in [6.45, 7) is 4.00. The summed E-state index contributed by atoms with van der Waals surface area (Å²) in [7, 11) is 0. The van der Waals surface area contributed by atoms with Crippen LogP contribution in [0.5, 0.6) is 5.75 Å². The van der Waals surface area contributed by atoms with Crippen molar-refractivity contribution in [3.63, 3.8) is 0 Å². The first-order valence-corrected chi connectivity index (χ1v) is 13.4. The SMILES string of the molecule is Ic1cc(C=Nc2ccc(N3CCOCC3)cc2)cc(I)c1OCc1cccc2ccccc12. The van der Waals surface area contributed by atoms with Gasteiger partial charge < -0.3 is 14.4 Å². The highest BCUT2D eigenvalue weighted by Gasteiger charge is 2.11. The number of aliphatic imine (C=N–C) groups is 1. The molecule has 1 fully saturated rings. The van der Waals surface area contributed by atoms with Gasteiger partial charge in [-0.3, -0.25) is 4.99 Å². The van der Waals surface area contributed by atoms with Crippen molar-refractivity contribution in [3.8, 4) is 5.75 Å². The number of hydrogen-bond acceptors (Lipinski definition) is 4. The van der Waals surface area contributed by atoms with Crippen LogP contribution in [0.2, 0.25) is 0 Å². The van der Waals surface area contributed by atoms with Crippen molar-refractivity contribution in [1.82, 2.24) is 0 Å². The third-order valence-electron chi connectivity index (χ3n) is 5.86. The minimum Gasteiger partial charge on any atom is -0.487 e. The van der Waals surface area contributed by atoms with E-state index in [2.05, 4.69) is 134 Å². The number of fused-ring (bicyclic) bond motifs is 1. The highest BCUT2D eigenvalue weighted by Crippen LogP contribution is 2.30. The molecule has 1 aliphatic heterocycles. The second-order valence-electron chi connectivity index (χ2n) is 8.11. The van der Waals surface area contributed by atoms with Crippen LogP contribution in [0, 0.1) is 7.14 Å². The van der Waals surface area contributed by atoms with Gasteiger partial charge in [0.05, 0.1) is 26.0 Å². The first-order chi connectivity index (χ1) is 16.7. The van der Waals surface area contributed by atoms with Gasteiger partial charge in [0.1, 0.15) is 12.4 Å². The third kappa shape index (κ3) is 5.55. The van der Waals surface area contributed by atoms with Crippen LogP contribution in [0.15, 0.2) is 83.9 Å². The zero-order chi connectivity index (χ0) is 23.3. The van der Waals surface area contributed by atoms with E-state index >= 15 is 0 Å². The van der Waals surface area contributed by atoms with Crippen molar-refractivity contribution >= 4 is 73.5 Å². The highest BCUT2D eigenvalue weighted by atomic mass is 127. The van der Waals surface area contributed by atoms with E-state index in [0.29, 0.717) is 6.61 Å². The molecule has 1 aliphatic rings. The van der Waals surface area contributed by atoms with E-state index in [0.717, 1.165) is 50.4 Å². The first kappa shape index (κ1) is 23.6. The Balaban J connectivity index is 1.27. The van der Waals surface area contributed by atoms with E-state index in [-0.39, 0.29) is 0 Å². The molecule has 1 heterocycles. The molecule has 1 saturated heterocycles. The van der Waals surface area contributed by atoms with Crippen LogP contribution in [-0.4, -0.2) is 32.5 Å². The standard InChI is InChI=1S/C28H24I2N2O2/c29-26-16-20(18-31-23-8-10-24(11-9-23)32-12-14-33-15-13-32)17-27(30)28(26)34-19-22-6-3-5-21-4-1-2-7-25(21)22/h1-11,16-18H,12-15,19H2. The smallest absolute Gasteiger partial charge is 0.146 e. The Hall–Kier alpha value is -2.17. The summed E-state index contributed by atoms with van der Waals surface area (Å²) in [6.07, 6.45) is 1.92. The van der Waals surface area contributed by atoms with Crippen molar-refractivity contribution in [2.45, 2.75) is 6.61 Å². The molecule has 172 valence electrons. The molecule has 0 amide bonds. The second-order valence-corrected chi connectivity index (χ2v) is 10.4. The van der Waals surface area contributed by atoms with Gasteiger partial charge in [0.2, 0.25) is 0 Å². The van der Waals surface area contributed by atoms with Gasteiger partial charge in [-0.15, -0.1) is 0 Å². The lowest BCUT2D eigenvalue weighted by Gasteiger charge is -2.28. The van der Waals surface area contributed by atoms with Gasteiger partial charge in [0, 0.05) is 25.0 Å². The third-order valence-corrected chi connectivity index (χ3v) is 7.46. The first-order valence-electron chi connectivity index (χ1n) is 11.2. The average Bonchev–Trinajstić information content (AvgIpc) is 2.88. The van der Waals surface area contributed by atoms with E-state index in [1.54, 1.807) is 0 Å². The molecule has 34 heavy (non-hydrogen) atoms. The molecular weight excluding hydrogens is 650 g/mol. The molecule has 0 N–H and O–H groups in total. The number of rotatable bonds is 6. The predicted octanol–water partition coefficient (Wildman–Crippen LogP) is 7.22. The molecule has 0 aliphatic carbocycles. The topological polar surface area (TPSA) is 34.1 Å². The molecule has 6 heteroatoms. The molecular formula is C28H24I2N2O2. The van der Waals surface area contributed by atoms with Crippen LogP contribution in [0.3, 0.4) is 0 Å². The van der Waals surface area contributed by atoms with Gasteiger partial charge in [-0.05, 0) is 103 Å². The number of hydrogen-bond donors (Lipinski definition) is 0. The number of ether oxygens (including phenoxy) is 2. The summed E-state index contributed by atoms with van der Waals surface area (Å²) < 4.78 is 13.9. The summed E-state index contributed by atoms with van der Waals surface area (Å²) in [5.41, 5.74) is 4.41. The van der Waals surface area contributed by atoms with Crippen LogP contribution in [0.4, 0.5) is 11.4 Å². The van der Waals surface area contributed by atoms with Gasteiger partial charge in [-0.1, -0.05) is 42.5 Å². The quantitative estimate of drug-likeness (QED) is 0.160. The van der Waals surface area contributed by atoms with E-state index in [1.807, 2.05) is 6.21 Å². The fourth-order valence-electron chi connectivity index (χ4n) is 4.08. The molecule has 4 aromatic carbocycles. The second kappa shape index (κ2) is 11.0. The molecule has 0 spiro atoms. The zero-order valence-corrected chi connectivity index (χ0v) is 22.9. The van der Waals surface area contributed by atoms with Gasteiger partial charge in [0.25, 0.3) is 0 Å². The van der Waals surface area contributed by atoms with Crippen LogP contribution >= 0.6 is 45.2 Å². The lowest BCUT2D eigenvalue weighted by Crippen LogP contribution is -2.36. The van der Waals surface area contributed by atoms with Crippen LogP contribution in [0.25, 0.3) is 10.8 Å². The Morgan fingerprint density at radius 3 is 2.35 bits per heavy atom. The Morgan fingerprint density at radius 1 is 0.882 bits per heavy atom. The number of morpholine rings is 1. The molecule has 4 nitrogen and oxygen atoms in total. The summed E-state index contributed by atoms with van der Waals surface area (Å²) >= 11 is 4.70. The summed E-state index contributed by atoms with van der Waals surface area (Å²) in [5, 5.41) is 2.47. The lowest BCUT2D eigenvalue weighted by atomic mass is 10.1. The average molecular weight is 674 g/mol. The largest absolute Gasteiger partial charge is 0.487 e. The minimum absolute atomic E-state index is 0.538. The van der Waals surface area contributed by atoms with Crippen molar-refractivity contribution < 1.29 is 9.47 Å². The molecule has 0 radical (unpaired) electrons. The minimum atomic E-state index is 0.538. The maximum Gasteiger partial charge on any atom is 0.146 e.